The van der Waals surface area contributed by atoms with Gasteiger partial charge in [-0.1, -0.05) is 6.07 Å². The molecular formula is C9H7F3N4S. The number of nitrogen functional groups attached to an aromatic ring is 1. The number of halogens is 3. The van der Waals surface area contributed by atoms with Gasteiger partial charge >= 0.3 is 6.18 Å². The van der Waals surface area contributed by atoms with E-state index in [-0.39, 0.29) is 11.6 Å². The predicted molar refractivity (Wildman–Crippen MR) is 58.2 cm³/mol. The summed E-state index contributed by atoms with van der Waals surface area (Å²) >= 11 is 1.29. The summed E-state index contributed by atoms with van der Waals surface area (Å²) in [6.07, 6.45) is -4.53. The lowest BCUT2D eigenvalue weighted by Gasteiger charge is -2.09. The maximum Gasteiger partial charge on any atom is 0.433 e. The van der Waals surface area contributed by atoms with Gasteiger partial charge in [-0.05, 0) is 17.5 Å². The van der Waals surface area contributed by atoms with Gasteiger partial charge < -0.3 is 0 Å². The maximum absolute atomic E-state index is 12.6. The van der Waals surface area contributed by atoms with Crippen molar-refractivity contribution < 1.29 is 13.2 Å². The second kappa shape index (κ2) is 4.30. The van der Waals surface area contributed by atoms with Gasteiger partial charge in [-0.3, -0.25) is 5.43 Å². The molecule has 0 fully saturated rings. The minimum absolute atomic E-state index is 0.190. The normalized spacial score (nSPS) is 11.5. The molecule has 0 aliphatic carbocycles. The zero-order chi connectivity index (χ0) is 12.5. The maximum atomic E-state index is 12.6. The zero-order valence-electron chi connectivity index (χ0n) is 8.32. The highest BCUT2D eigenvalue weighted by Crippen LogP contribution is 2.32. The Morgan fingerprint density at radius 3 is 2.59 bits per heavy atom. The molecule has 0 aliphatic heterocycles. The van der Waals surface area contributed by atoms with Crippen molar-refractivity contribution in [2.45, 2.75) is 6.18 Å². The van der Waals surface area contributed by atoms with Crippen LogP contribution in [0.25, 0.3) is 10.6 Å². The smallest absolute Gasteiger partial charge is 0.292 e. The van der Waals surface area contributed by atoms with Gasteiger partial charge in [-0.25, -0.2) is 15.8 Å². The van der Waals surface area contributed by atoms with Crippen LogP contribution < -0.4 is 11.3 Å². The molecule has 0 atom stereocenters. The van der Waals surface area contributed by atoms with Crippen molar-refractivity contribution in [2.24, 2.45) is 5.84 Å². The number of rotatable bonds is 2. The van der Waals surface area contributed by atoms with E-state index in [0.29, 0.717) is 4.88 Å². The molecule has 0 radical (unpaired) electrons. The second-order valence-corrected chi connectivity index (χ2v) is 4.03. The van der Waals surface area contributed by atoms with Crippen LogP contribution in [0.4, 0.5) is 19.1 Å². The summed E-state index contributed by atoms with van der Waals surface area (Å²) in [4.78, 5) is 7.76. The van der Waals surface area contributed by atoms with Gasteiger partial charge in [0.2, 0.25) is 5.95 Å². The van der Waals surface area contributed by atoms with Gasteiger partial charge in [0.05, 0.1) is 10.6 Å². The standard InChI is InChI=1S/C9H7F3N4S/c10-9(11,12)7-4-5(6-2-1-3-17-6)14-8(15-7)16-13/h1-4H,13H2,(H,14,15,16). The van der Waals surface area contributed by atoms with Gasteiger partial charge in [0.15, 0.2) is 5.69 Å². The molecule has 17 heavy (non-hydrogen) atoms. The zero-order valence-corrected chi connectivity index (χ0v) is 9.14. The highest BCUT2D eigenvalue weighted by molar-refractivity contribution is 7.13. The molecule has 0 aliphatic rings. The molecule has 0 saturated heterocycles. The number of nitrogens with one attached hydrogen (secondary N) is 1. The molecule has 3 N–H and O–H groups in total. The van der Waals surface area contributed by atoms with Crippen molar-refractivity contribution in [3.8, 4) is 10.6 Å². The Hall–Kier alpha value is -1.67. The fraction of sp³-hybridized carbons (Fsp3) is 0.111. The van der Waals surface area contributed by atoms with Gasteiger partial charge in [0.1, 0.15) is 0 Å². The topological polar surface area (TPSA) is 63.8 Å². The van der Waals surface area contributed by atoms with Gasteiger partial charge in [0, 0.05) is 0 Å². The number of alkyl halides is 3. The van der Waals surface area contributed by atoms with Crippen LogP contribution >= 0.6 is 11.3 Å². The predicted octanol–water partition coefficient (Wildman–Crippen LogP) is 2.51. The molecular weight excluding hydrogens is 253 g/mol. The average molecular weight is 260 g/mol. The monoisotopic (exact) mass is 260 g/mol. The van der Waals surface area contributed by atoms with Crippen molar-refractivity contribution in [3.63, 3.8) is 0 Å². The molecule has 0 unspecified atom stereocenters. The van der Waals surface area contributed by atoms with Crippen LogP contribution in [-0.4, -0.2) is 9.97 Å². The van der Waals surface area contributed by atoms with E-state index in [9.17, 15) is 13.2 Å². The van der Waals surface area contributed by atoms with Crippen molar-refractivity contribution in [3.05, 3.63) is 29.3 Å². The fourth-order valence-electron chi connectivity index (χ4n) is 1.21. The first-order valence-electron chi connectivity index (χ1n) is 4.47. The summed E-state index contributed by atoms with van der Waals surface area (Å²) in [5.74, 6) is 4.78. The first-order chi connectivity index (χ1) is 8.00. The van der Waals surface area contributed by atoms with Crippen LogP contribution in [0.1, 0.15) is 5.69 Å². The molecule has 2 heterocycles. The SMILES string of the molecule is NNc1nc(-c2cccs2)cc(C(F)(F)F)n1. The molecule has 0 saturated carbocycles. The highest BCUT2D eigenvalue weighted by atomic mass is 32.1. The van der Waals surface area contributed by atoms with Crippen molar-refractivity contribution in [1.29, 1.82) is 0 Å². The molecule has 0 bridgehead atoms. The summed E-state index contributed by atoms with van der Waals surface area (Å²) in [6, 6.07) is 4.30. The minimum Gasteiger partial charge on any atom is -0.292 e. The number of anilines is 1. The fourth-order valence-corrected chi connectivity index (χ4v) is 1.89. The number of hydrogen-bond donors (Lipinski definition) is 2. The van der Waals surface area contributed by atoms with E-state index in [4.69, 9.17) is 5.84 Å². The third-order valence-electron chi connectivity index (χ3n) is 1.92. The van der Waals surface area contributed by atoms with E-state index in [0.717, 1.165) is 6.07 Å². The van der Waals surface area contributed by atoms with Crippen molar-refractivity contribution in [1.82, 2.24) is 9.97 Å². The van der Waals surface area contributed by atoms with Gasteiger partial charge in [-0.15, -0.1) is 11.3 Å². The quantitative estimate of drug-likeness (QED) is 0.643. The molecule has 8 heteroatoms. The summed E-state index contributed by atoms with van der Waals surface area (Å²) in [5, 5.41) is 1.75. The molecule has 2 aromatic rings. The van der Waals surface area contributed by atoms with E-state index in [2.05, 4.69) is 9.97 Å². The number of nitrogens with two attached hydrogens (primary N) is 1. The lowest BCUT2D eigenvalue weighted by atomic mass is 10.3. The summed E-state index contributed by atoms with van der Waals surface area (Å²) in [6.45, 7) is 0. The van der Waals surface area contributed by atoms with Crippen LogP contribution in [0, 0.1) is 0 Å². The Morgan fingerprint density at radius 1 is 1.29 bits per heavy atom. The first-order valence-corrected chi connectivity index (χ1v) is 5.35. The number of aromatic nitrogens is 2. The first kappa shape index (κ1) is 11.8. The third kappa shape index (κ3) is 2.53. The van der Waals surface area contributed by atoms with E-state index in [1.54, 1.807) is 17.5 Å². The van der Waals surface area contributed by atoms with E-state index >= 15 is 0 Å². The molecule has 2 rings (SSSR count). The third-order valence-corrected chi connectivity index (χ3v) is 2.81. The lowest BCUT2D eigenvalue weighted by molar-refractivity contribution is -0.141. The largest absolute Gasteiger partial charge is 0.433 e. The second-order valence-electron chi connectivity index (χ2n) is 3.08. The van der Waals surface area contributed by atoms with Crippen LogP contribution in [0.5, 0.6) is 0 Å². The summed E-state index contributed by atoms with van der Waals surface area (Å²) in [7, 11) is 0. The van der Waals surface area contributed by atoms with E-state index in [1.165, 1.54) is 11.3 Å². The molecule has 0 aromatic carbocycles. The number of hydrazine groups is 1. The Balaban J connectivity index is 2.54. The van der Waals surface area contributed by atoms with Gasteiger partial charge in [-0.2, -0.15) is 13.2 Å². The molecule has 0 spiro atoms. The lowest BCUT2D eigenvalue weighted by Crippen LogP contribution is -2.15. The molecule has 4 nitrogen and oxygen atoms in total. The Kier molecular flexibility index (Phi) is 2.99. The summed E-state index contributed by atoms with van der Waals surface area (Å²) < 4.78 is 37.7. The van der Waals surface area contributed by atoms with Gasteiger partial charge in [0.25, 0.3) is 0 Å². The Labute approximate surface area is 98.3 Å². The summed E-state index contributed by atoms with van der Waals surface area (Å²) in [5.41, 5.74) is 1.19. The number of hydrogen-bond acceptors (Lipinski definition) is 5. The molecule has 0 amide bonds. The van der Waals surface area contributed by atoms with Crippen LogP contribution in [0.15, 0.2) is 23.6 Å². The highest BCUT2D eigenvalue weighted by Gasteiger charge is 2.33. The number of thiophene rings is 1. The van der Waals surface area contributed by atoms with Crippen LogP contribution in [0.2, 0.25) is 0 Å². The molecule has 90 valence electrons. The number of nitrogens with zero attached hydrogens (tertiary/aromatic N) is 2. The van der Waals surface area contributed by atoms with Crippen LogP contribution in [-0.2, 0) is 6.18 Å². The van der Waals surface area contributed by atoms with E-state index in [1.807, 2.05) is 5.43 Å². The molecule has 2 aromatic heterocycles. The Morgan fingerprint density at radius 2 is 2.06 bits per heavy atom. The van der Waals surface area contributed by atoms with Crippen molar-refractivity contribution in [2.75, 3.05) is 5.43 Å². The van der Waals surface area contributed by atoms with Crippen LogP contribution in [0.3, 0.4) is 0 Å². The minimum atomic E-state index is -4.53. The van der Waals surface area contributed by atoms with E-state index < -0.39 is 11.9 Å². The average Bonchev–Trinajstić information content (AvgIpc) is 2.80. The van der Waals surface area contributed by atoms with Crippen molar-refractivity contribution >= 4 is 17.3 Å². The Bertz CT molecular complexity index is 509.